The Kier molecular flexibility index (Phi) is 5.90. The summed E-state index contributed by atoms with van der Waals surface area (Å²) in [5.74, 6) is 0.323. The Labute approximate surface area is 134 Å². The molecule has 1 saturated carbocycles. The maximum atomic E-state index is 12.8. The molecule has 0 amide bonds. The van der Waals surface area contributed by atoms with Crippen LogP contribution in [-0.4, -0.2) is 31.2 Å². The molecule has 2 rings (SSSR count). The van der Waals surface area contributed by atoms with E-state index in [2.05, 4.69) is 15.9 Å². The first-order chi connectivity index (χ1) is 9.55. The van der Waals surface area contributed by atoms with Crippen molar-refractivity contribution >= 4 is 37.6 Å². The maximum Gasteiger partial charge on any atom is 0.243 e. The van der Waals surface area contributed by atoms with Gasteiger partial charge in [-0.1, -0.05) is 41.3 Å². The summed E-state index contributed by atoms with van der Waals surface area (Å²) in [5, 5.41) is 0. The van der Waals surface area contributed by atoms with Crippen molar-refractivity contribution in [3.63, 3.8) is 0 Å². The molecule has 1 aliphatic carbocycles. The first-order valence-corrected chi connectivity index (χ1v) is 9.66. The number of benzene rings is 1. The monoisotopic (exact) mass is 379 g/mol. The van der Waals surface area contributed by atoms with Crippen molar-refractivity contribution in [1.29, 1.82) is 0 Å². The smallest absolute Gasteiger partial charge is 0.207 e. The van der Waals surface area contributed by atoms with E-state index < -0.39 is 10.0 Å². The van der Waals surface area contributed by atoms with Gasteiger partial charge in [0.1, 0.15) is 0 Å². The van der Waals surface area contributed by atoms with Crippen LogP contribution in [0.1, 0.15) is 32.1 Å². The van der Waals surface area contributed by atoms with Gasteiger partial charge >= 0.3 is 0 Å². The third kappa shape index (κ3) is 3.75. The van der Waals surface area contributed by atoms with Crippen LogP contribution in [0.2, 0.25) is 0 Å². The average Bonchev–Trinajstić information content (AvgIpc) is 2.45. The van der Waals surface area contributed by atoms with Crippen LogP contribution in [0.4, 0.5) is 0 Å². The topological polar surface area (TPSA) is 37.4 Å². The Morgan fingerprint density at radius 3 is 2.55 bits per heavy atom. The maximum absolute atomic E-state index is 12.8. The third-order valence-electron chi connectivity index (χ3n) is 3.69. The Bertz CT molecular complexity index is 544. The molecular weight excluding hydrogens is 362 g/mol. The highest BCUT2D eigenvalue weighted by atomic mass is 79.9. The third-order valence-corrected chi connectivity index (χ3v) is 6.30. The minimum absolute atomic E-state index is 0.0893. The Hall–Kier alpha value is -0.100. The second-order valence-electron chi connectivity index (χ2n) is 5.05. The number of sulfonamides is 1. The summed E-state index contributed by atoms with van der Waals surface area (Å²) in [4.78, 5) is 0.336. The van der Waals surface area contributed by atoms with Crippen LogP contribution in [0.15, 0.2) is 33.6 Å². The molecule has 0 atom stereocenters. The molecule has 0 N–H and O–H groups in total. The molecule has 0 saturated heterocycles. The number of alkyl halides is 1. The summed E-state index contributed by atoms with van der Waals surface area (Å²) in [6.07, 6.45) is 5.26. The Morgan fingerprint density at radius 1 is 1.25 bits per heavy atom. The normalized spacial score (nSPS) is 17.6. The second-order valence-corrected chi connectivity index (χ2v) is 8.24. The SMILES string of the molecule is O=S(=O)(c1cccc(Br)c1)N(CCCl)C1CCCCC1. The standard InChI is InChI=1S/C14H19BrClNO2S/c15-12-5-4-8-14(11-12)20(18,19)17(10-9-16)13-6-2-1-3-7-13/h4-5,8,11,13H,1-3,6-7,9-10H2. The van der Waals surface area contributed by atoms with Crippen LogP contribution in [0, 0.1) is 0 Å². The quantitative estimate of drug-likeness (QED) is 0.724. The van der Waals surface area contributed by atoms with E-state index in [0.29, 0.717) is 17.3 Å². The summed E-state index contributed by atoms with van der Waals surface area (Å²) >= 11 is 9.15. The summed E-state index contributed by atoms with van der Waals surface area (Å²) in [7, 11) is -3.47. The van der Waals surface area contributed by atoms with Crippen LogP contribution in [0.3, 0.4) is 0 Å². The van der Waals surface area contributed by atoms with Crippen molar-refractivity contribution < 1.29 is 8.42 Å². The zero-order valence-corrected chi connectivity index (χ0v) is 14.4. The lowest BCUT2D eigenvalue weighted by molar-refractivity contribution is 0.262. The lowest BCUT2D eigenvalue weighted by Crippen LogP contribution is -2.42. The molecule has 1 aromatic rings. The number of rotatable bonds is 5. The number of hydrogen-bond donors (Lipinski definition) is 0. The van der Waals surface area contributed by atoms with Gasteiger partial charge < -0.3 is 0 Å². The Morgan fingerprint density at radius 2 is 1.95 bits per heavy atom. The van der Waals surface area contributed by atoms with Gasteiger partial charge in [-0.2, -0.15) is 4.31 Å². The number of halogens is 2. The highest BCUT2D eigenvalue weighted by molar-refractivity contribution is 9.10. The number of nitrogens with zero attached hydrogens (tertiary/aromatic N) is 1. The second kappa shape index (κ2) is 7.25. The predicted molar refractivity (Wildman–Crippen MR) is 85.6 cm³/mol. The van der Waals surface area contributed by atoms with Crippen LogP contribution < -0.4 is 0 Å². The molecule has 3 nitrogen and oxygen atoms in total. The molecule has 0 bridgehead atoms. The van der Waals surface area contributed by atoms with Gasteiger partial charge in [-0.3, -0.25) is 0 Å². The molecular formula is C14H19BrClNO2S. The molecule has 1 aliphatic rings. The van der Waals surface area contributed by atoms with Crippen LogP contribution >= 0.6 is 27.5 Å². The molecule has 112 valence electrons. The minimum Gasteiger partial charge on any atom is -0.207 e. The first-order valence-electron chi connectivity index (χ1n) is 6.89. The van der Waals surface area contributed by atoms with E-state index in [4.69, 9.17) is 11.6 Å². The molecule has 1 fully saturated rings. The van der Waals surface area contributed by atoms with Gasteiger partial charge in [-0.05, 0) is 31.0 Å². The molecule has 20 heavy (non-hydrogen) atoms. The van der Waals surface area contributed by atoms with Crippen molar-refractivity contribution in [2.24, 2.45) is 0 Å². The van der Waals surface area contributed by atoms with Crippen LogP contribution in [0.25, 0.3) is 0 Å². The van der Waals surface area contributed by atoms with Gasteiger partial charge in [-0.15, -0.1) is 11.6 Å². The van der Waals surface area contributed by atoms with Gasteiger partial charge in [0.05, 0.1) is 4.90 Å². The molecule has 0 heterocycles. The fraction of sp³-hybridized carbons (Fsp3) is 0.571. The van der Waals surface area contributed by atoms with Crippen molar-refractivity contribution in [1.82, 2.24) is 4.31 Å². The summed E-state index contributed by atoms with van der Waals surface area (Å²) in [6, 6.07) is 6.96. The summed E-state index contributed by atoms with van der Waals surface area (Å²) in [6.45, 7) is 0.376. The first kappa shape index (κ1) is 16.3. The van der Waals surface area contributed by atoms with Crippen molar-refractivity contribution in [2.45, 2.75) is 43.0 Å². The van der Waals surface area contributed by atoms with Gasteiger partial charge in [-0.25, -0.2) is 8.42 Å². The van der Waals surface area contributed by atoms with Crippen molar-refractivity contribution in [2.75, 3.05) is 12.4 Å². The highest BCUT2D eigenvalue weighted by Crippen LogP contribution is 2.28. The highest BCUT2D eigenvalue weighted by Gasteiger charge is 2.31. The predicted octanol–water partition coefficient (Wildman–Crippen LogP) is 4.01. The van der Waals surface area contributed by atoms with E-state index in [1.54, 1.807) is 22.5 Å². The van der Waals surface area contributed by atoms with E-state index in [9.17, 15) is 8.42 Å². The summed E-state index contributed by atoms with van der Waals surface area (Å²) < 4.78 is 28.0. The summed E-state index contributed by atoms with van der Waals surface area (Å²) in [5.41, 5.74) is 0. The van der Waals surface area contributed by atoms with E-state index in [-0.39, 0.29) is 6.04 Å². The van der Waals surface area contributed by atoms with Crippen molar-refractivity contribution in [3.8, 4) is 0 Å². The molecule has 0 aromatic heterocycles. The largest absolute Gasteiger partial charge is 0.243 e. The molecule has 1 aromatic carbocycles. The Balaban J connectivity index is 2.31. The van der Waals surface area contributed by atoms with E-state index in [1.807, 2.05) is 6.07 Å². The fourth-order valence-electron chi connectivity index (χ4n) is 2.71. The van der Waals surface area contributed by atoms with Crippen LogP contribution in [-0.2, 0) is 10.0 Å². The molecule has 6 heteroatoms. The van der Waals surface area contributed by atoms with Gasteiger partial charge in [0.25, 0.3) is 0 Å². The van der Waals surface area contributed by atoms with E-state index in [0.717, 1.165) is 30.2 Å². The molecule has 0 aliphatic heterocycles. The van der Waals surface area contributed by atoms with Gasteiger partial charge in [0, 0.05) is 22.9 Å². The fourth-order valence-corrected chi connectivity index (χ4v) is 5.28. The minimum atomic E-state index is -3.47. The van der Waals surface area contributed by atoms with Gasteiger partial charge in [0.2, 0.25) is 10.0 Å². The number of hydrogen-bond acceptors (Lipinski definition) is 2. The molecule has 0 radical (unpaired) electrons. The van der Waals surface area contributed by atoms with Gasteiger partial charge in [0.15, 0.2) is 0 Å². The molecule has 0 spiro atoms. The average molecular weight is 381 g/mol. The zero-order chi connectivity index (χ0) is 14.6. The van der Waals surface area contributed by atoms with E-state index >= 15 is 0 Å². The van der Waals surface area contributed by atoms with E-state index in [1.165, 1.54) is 6.42 Å². The van der Waals surface area contributed by atoms with Crippen molar-refractivity contribution in [3.05, 3.63) is 28.7 Å². The zero-order valence-electron chi connectivity index (χ0n) is 11.3. The van der Waals surface area contributed by atoms with Crippen LogP contribution in [0.5, 0.6) is 0 Å². The lowest BCUT2D eigenvalue weighted by Gasteiger charge is -2.33. The lowest BCUT2D eigenvalue weighted by atomic mass is 9.95. The molecule has 0 unspecified atom stereocenters.